The molecule has 1 N–H and O–H groups in total. The quantitative estimate of drug-likeness (QED) is 0.699. The van der Waals surface area contributed by atoms with Gasteiger partial charge in [0, 0.05) is 17.7 Å². The molecule has 1 amide bonds. The first-order valence-corrected chi connectivity index (χ1v) is 8.21. The van der Waals surface area contributed by atoms with Crippen LogP contribution in [-0.4, -0.2) is 33.3 Å². The van der Waals surface area contributed by atoms with E-state index in [0.29, 0.717) is 17.2 Å². The minimum absolute atomic E-state index is 0.0314. The Morgan fingerprint density at radius 3 is 2.33 bits per heavy atom. The normalized spacial score (nSPS) is 10.5. The lowest BCUT2D eigenvalue weighted by Crippen LogP contribution is -2.13. The highest BCUT2D eigenvalue weighted by atomic mass is 35.5. The summed E-state index contributed by atoms with van der Waals surface area (Å²) in [4.78, 5) is 12.5. The van der Waals surface area contributed by atoms with Gasteiger partial charge in [-0.05, 0) is 25.1 Å². The molecule has 0 aliphatic carbocycles. The highest BCUT2D eigenvalue weighted by Gasteiger charge is 2.17. The molecule has 0 unspecified atom stereocenters. The third-order valence-electron chi connectivity index (χ3n) is 3.44. The molecular formula is C18H18ClF2NO5. The second kappa shape index (κ2) is 9.27. The molecule has 0 radical (unpaired) electrons. The van der Waals surface area contributed by atoms with Crippen LogP contribution in [0.15, 0.2) is 30.3 Å². The molecule has 0 aliphatic rings. The fourth-order valence-corrected chi connectivity index (χ4v) is 2.46. The van der Waals surface area contributed by atoms with Crippen LogP contribution in [-0.2, 0) is 0 Å². The van der Waals surface area contributed by atoms with Crippen LogP contribution in [0.25, 0.3) is 0 Å². The van der Waals surface area contributed by atoms with Gasteiger partial charge in [0.05, 0.1) is 31.5 Å². The summed E-state index contributed by atoms with van der Waals surface area (Å²) < 4.78 is 44.9. The maximum Gasteiger partial charge on any atom is 0.387 e. The first kappa shape index (κ1) is 20.6. The minimum atomic E-state index is -3.01. The molecule has 0 saturated carbocycles. The summed E-state index contributed by atoms with van der Waals surface area (Å²) >= 11 is 6.15. The Kier molecular flexibility index (Phi) is 7.06. The Morgan fingerprint density at radius 2 is 1.74 bits per heavy atom. The Bertz CT molecular complexity index is 817. The molecule has 2 aromatic rings. The summed E-state index contributed by atoms with van der Waals surface area (Å²) in [5.41, 5.74) is 0.469. The van der Waals surface area contributed by atoms with Gasteiger partial charge >= 0.3 is 6.61 Å². The molecule has 2 rings (SSSR count). The van der Waals surface area contributed by atoms with Gasteiger partial charge in [-0.2, -0.15) is 8.78 Å². The number of carbonyl (C=O) groups is 1. The monoisotopic (exact) mass is 401 g/mol. The lowest BCUT2D eigenvalue weighted by molar-refractivity contribution is -0.0514. The van der Waals surface area contributed by atoms with E-state index < -0.39 is 12.5 Å². The van der Waals surface area contributed by atoms with Gasteiger partial charge in [0.25, 0.3) is 5.91 Å². The first-order chi connectivity index (χ1) is 12.9. The maximum atomic E-state index is 12.5. The molecule has 0 aliphatic heterocycles. The molecule has 0 atom stereocenters. The zero-order valence-electron chi connectivity index (χ0n) is 14.8. The van der Waals surface area contributed by atoms with Crippen LogP contribution in [0.2, 0.25) is 5.02 Å². The fraction of sp³-hybridized carbons (Fsp3) is 0.278. The largest absolute Gasteiger partial charge is 0.493 e. The van der Waals surface area contributed by atoms with E-state index in [-0.39, 0.29) is 28.7 Å². The molecular weight excluding hydrogens is 384 g/mol. The van der Waals surface area contributed by atoms with E-state index in [4.69, 9.17) is 25.8 Å². The van der Waals surface area contributed by atoms with E-state index in [0.717, 1.165) is 0 Å². The number of hydrogen-bond donors (Lipinski definition) is 1. The Balaban J connectivity index is 2.29. The Morgan fingerprint density at radius 1 is 1.07 bits per heavy atom. The van der Waals surface area contributed by atoms with Crippen LogP contribution in [0.5, 0.6) is 23.0 Å². The second-order valence-electron chi connectivity index (χ2n) is 5.11. The number of amides is 1. The van der Waals surface area contributed by atoms with E-state index >= 15 is 0 Å². The summed E-state index contributed by atoms with van der Waals surface area (Å²) in [5, 5.41) is 2.87. The van der Waals surface area contributed by atoms with Gasteiger partial charge in [-0.3, -0.25) is 4.79 Å². The number of carbonyl (C=O) groups excluding carboxylic acids is 1. The average molecular weight is 402 g/mol. The predicted molar refractivity (Wildman–Crippen MR) is 96.8 cm³/mol. The van der Waals surface area contributed by atoms with E-state index in [2.05, 4.69) is 10.1 Å². The van der Waals surface area contributed by atoms with E-state index in [1.807, 2.05) is 0 Å². The molecule has 0 bridgehead atoms. The summed E-state index contributed by atoms with van der Waals surface area (Å²) in [6.07, 6.45) is 0. The molecule has 0 saturated heterocycles. The number of methoxy groups -OCH3 is 2. The number of nitrogens with one attached hydrogen (secondary N) is 1. The standard InChI is InChI=1S/C18H18ClF2NO5/c1-4-26-16-7-10(5-6-13(16)27-18(20)21)17(23)22-12-9-15(25-3)14(24-2)8-11(12)19/h5-9,18H,4H2,1-3H3,(H,22,23). The molecule has 27 heavy (non-hydrogen) atoms. The van der Waals surface area contributed by atoms with Crippen molar-refractivity contribution < 1.29 is 32.5 Å². The van der Waals surface area contributed by atoms with Gasteiger partial charge in [-0.1, -0.05) is 11.6 Å². The van der Waals surface area contributed by atoms with Crippen molar-refractivity contribution in [3.63, 3.8) is 0 Å². The van der Waals surface area contributed by atoms with Crippen LogP contribution in [0.1, 0.15) is 17.3 Å². The first-order valence-electron chi connectivity index (χ1n) is 7.84. The van der Waals surface area contributed by atoms with Gasteiger partial charge in [-0.25, -0.2) is 0 Å². The Labute approximate surface area is 159 Å². The fourth-order valence-electron chi connectivity index (χ4n) is 2.26. The van der Waals surface area contributed by atoms with E-state index in [9.17, 15) is 13.6 Å². The SMILES string of the molecule is CCOc1cc(C(=O)Nc2cc(OC)c(OC)cc2Cl)ccc1OC(F)F. The molecule has 6 nitrogen and oxygen atoms in total. The number of benzene rings is 2. The number of anilines is 1. The van der Waals surface area contributed by atoms with Crippen LogP contribution in [0.3, 0.4) is 0 Å². The molecule has 2 aromatic carbocycles. The van der Waals surface area contributed by atoms with Gasteiger partial charge in [0.15, 0.2) is 23.0 Å². The van der Waals surface area contributed by atoms with Crippen molar-refractivity contribution in [1.82, 2.24) is 0 Å². The second-order valence-corrected chi connectivity index (χ2v) is 5.52. The third kappa shape index (κ3) is 5.13. The van der Waals surface area contributed by atoms with Gasteiger partial charge in [0.2, 0.25) is 0 Å². The van der Waals surface area contributed by atoms with Crippen molar-refractivity contribution in [3.05, 3.63) is 40.9 Å². The summed E-state index contributed by atoms with van der Waals surface area (Å²) in [7, 11) is 2.91. The molecule has 0 fully saturated rings. The zero-order valence-corrected chi connectivity index (χ0v) is 15.6. The smallest absolute Gasteiger partial charge is 0.387 e. The topological polar surface area (TPSA) is 66.0 Å². The average Bonchev–Trinajstić information content (AvgIpc) is 2.64. The van der Waals surface area contributed by atoms with Gasteiger partial charge in [-0.15, -0.1) is 0 Å². The van der Waals surface area contributed by atoms with E-state index in [1.165, 1.54) is 44.6 Å². The van der Waals surface area contributed by atoms with Crippen LogP contribution in [0.4, 0.5) is 14.5 Å². The zero-order chi connectivity index (χ0) is 20.0. The minimum Gasteiger partial charge on any atom is -0.493 e. The van der Waals surface area contributed by atoms with Crippen molar-refractivity contribution in [2.45, 2.75) is 13.5 Å². The third-order valence-corrected chi connectivity index (χ3v) is 3.76. The number of alkyl halides is 2. The van der Waals surface area contributed by atoms with Crippen molar-refractivity contribution in [3.8, 4) is 23.0 Å². The molecule has 146 valence electrons. The highest BCUT2D eigenvalue weighted by Crippen LogP contribution is 2.36. The predicted octanol–water partition coefficient (Wildman–Crippen LogP) is 4.61. The number of rotatable bonds is 8. The lowest BCUT2D eigenvalue weighted by Gasteiger charge is -2.14. The number of ether oxygens (including phenoxy) is 4. The summed E-state index contributed by atoms with van der Waals surface area (Å²) in [6, 6.07) is 6.90. The lowest BCUT2D eigenvalue weighted by atomic mass is 10.1. The van der Waals surface area contributed by atoms with Crippen LogP contribution < -0.4 is 24.3 Å². The van der Waals surface area contributed by atoms with Crippen molar-refractivity contribution in [2.24, 2.45) is 0 Å². The van der Waals surface area contributed by atoms with Gasteiger partial charge < -0.3 is 24.3 Å². The Hall–Kier alpha value is -2.74. The van der Waals surface area contributed by atoms with Crippen molar-refractivity contribution in [1.29, 1.82) is 0 Å². The summed E-state index contributed by atoms with van der Waals surface area (Å²) in [5.74, 6) is 0.144. The number of halogens is 3. The molecule has 0 aromatic heterocycles. The van der Waals surface area contributed by atoms with Crippen molar-refractivity contribution >= 4 is 23.2 Å². The number of hydrogen-bond acceptors (Lipinski definition) is 5. The van der Waals surface area contributed by atoms with Crippen LogP contribution >= 0.6 is 11.6 Å². The van der Waals surface area contributed by atoms with E-state index in [1.54, 1.807) is 6.92 Å². The van der Waals surface area contributed by atoms with Crippen molar-refractivity contribution in [2.75, 3.05) is 26.1 Å². The molecule has 0 heterocycles. The van der Waals surface area contributed by atoms with Gasteiger partial charge in [0.1, 0.15) is 0 Å². The van der Waals surface area contributed by atoms with Crippen LogP contribution in [0, 0.1) is 0 Å². The maximum absolute atomic E-state index is 12.5. The molecule has 0 spiro atoms. The summed E-state index contributed by atoms with van der Waals surface area (Å²) in [6.45, 7) is -1.11. The molecule has 9 heteroatoms. The highest BCUT2D eigenvalue weighted by molar-refractivity contribution is 6.34.